The summed E-state index contributed by atoms with van der Waals surface area (Å²) in [6, 6.07) is 6.82. The van der Waals surface area contributed by atoms with Crippen LogP contribution in [0.15, 0.2) is 24.3 Å². The van der Waals surface area contributed by atoms with Gasteiger partial charge in [0, 0.05) is 11.0 Å². The molecule has 0 aliphatic heterocycles. The van der Waals surface area contributed by atoms with Gasteiger partial charge in [0.25, 0.3) is 0 Å². The zero-order valence-corrected chi connectivity index (χ0v) is 12.0. The molecule has 0 aliphatic rings. The summed E-state index contributed by atoms with van der Waals surface area (Å²) in [7, 11) is -1.42. The van der Waals surface area contributed by atoms with Crippen molar-refractivity contribution in [3.8, 4) is 5.75 Å². The van der Waals surface area contributed by atoms with E-state index in [-0.39, 0.29) is 0 Å². The second kappa shape index (κ2) is 7.72. The SMILES string of the molecule is CC(C)C(C)SCCOc1ccc(B(O)O)cc1. The van der Waals surface area contributed by atoms with Crippen LogP contribution >= 0.6 is 11.8 Å². The molecule has 0 aliphatic carbocycles. The molecule has 100 valence electrons. The minimum atomic E-state index is -1.42. The number of hydrogen-bond acceptors (Lipinski definition) is 4. The molecule has 2 N–H and O–H groups in total. The first-order valence-corrected chi connectivity index (χ1v) is 7.26. The Morgan fingerprint density at radius 3 is 2.28 bits per heavy atom. The van der Waals surface area contributed by atoms with Crippen LogP contribution in [0.25, 0.3) is 0 Å². The molecule has 3 nitrogen and oxygen atoms in total. The standard InChI is InChI=1S/C13H21BO3S/c1-10(2)11(3)18-9-8-17-13-6-4-12(5-7-13)14(15)16/h4-7,10-11,15-16H,8-9H2,1-3H3. The van der Waals surface area contributed by atoms with E-state index in [4.69, 9.17) is 14.8 Å². The Hall–Kier alpha value is -0.645. The van der Waals surface area contributed by atoms with E-state index in [9.17, 15) is 0 Å². The Morgan fingerprint density at radius 1 is 1.17 bits per heavy atom. The van der Waals surface area contributed by atoms with Gasteiger partial charge in [-0.25, -0.2) is 0 Å². The predicted molar refractivity (Wildman–Crippen MR) is 78.5 cm³/mol. The highest BCUT2D eigenvalue weighted by atomic mass is 32.2. The van der Waals surface area contributed by atoms with Crippen molar-refractivity contribution in [2.45, 2.75) is 26.0 Å². The molecule has 5 heteroatoms. The molecule has 0 saturated heterocycles. The van der Waals surface area contributed by atoms with Gasteiger partial charge in [0.05, 0.1) is 6.61 Å². The van der Waals surface area contributed by atoms with Gasteiger partial charge >= 0.3 is 7.12 Å². The number of hydrogen-bond donors (Lipinski definition) is 2. The van der Waals surface area contributed by atoms with E-state index in [2.05, 4.69) is 20.8 Å². The molecule has 0 amide bonds. The Kier molecular flexibility index (Phi) is 6.61. The summed E-state index contributed by atoms with van der Waals surface area (Å²) in [5.74, 6) is 2.40. The average Bonchev–Trinajstić information content (AvgIpc) is 2.34. The fourth-order valence-corrected chi connectivity index (χ4v) is 2.26. The third kappa shape index (κ3) is 5.33. The van der Waals surface area contributed by atoms with Crippen molar-refractivity contribution in [3.05, 3.63) is 24.3 Å². The Bertz CT molecular complexity index is 341. The average molecular weight is 268 g/mol. The maximum atomic E-state index is 8.95. The molecule has 0 aromatic heterocycles. The zero-order chi connectivity index (χ0) is 13.5. The van der Waals surface area contributed by atoms with Crippen LogP contribution in [0.1, 0.15) is 20.8 Å². The monoisotopic (exact) mass is 268 g/mol. The number of benzene rings is 1. The van der Waals surface area contributed by atoms with Crippen molar-refractivity contribution in [1.29, 1.82) is 0 Å². The van der Waals surface area contributed by atoms with Crippen molar-refractivity contribution in [2.24, 2.45) is 5.92 Å². The molecule has 18 heavy (non-hydrogen) atoms. The molecule has 1 atom stereocenters. The molecule has 0 saturated carbocycles. The molecular formula is C13H21BO3S. The van der Waals surface area contributed by atoms with Crippen LogP contribution in [0.3, 0.4) is 0 Å². The van der Waals surface area contributed by atoms with Gasteiger partial charge in [-0.3, -0.25) is 0 Å². The minimum Gasteiger partial charge on any atom is -0.493 e. The predicted octanol–water partition coefficient (Wildman–Crippen LogP) is 1.52. The van der Waals surface area contributed by atoms with Crippen molar-refractivity contribution >= 4 is 24.3 Å². The Labute approximate surface area is 114 Å². The summed E-state index contributed by atoms with van der Waals surface area (Å²) < 4.78 is 5.59. The van der Waals surface area contributed by atoms with Crippen LogP contribution in [-0.4, -0.2) is 34.8 Å². The van der Waals surface area contributed by atoms with E-state index < -0.39 is 7.12 Å². The topological polar surface area (TPSA) is 49.7 Å². The van der Waals surface area contributed by atoms with E-state index in [1.165, 1.54) is 0 Å². The van der Waals surface area contributed by atoms with Gasteiger partial charge in [0.15, 0.2) is 0 Å². The van der Waals surface area contributed by atoms with Crippen LogP contribution in [0.4, 0.5) is 0 Å². The van der Waals surface area contributed by atoms with Crippen molar-refractivity contribution in [2.75, 3.05) is 12.4 Å². The summed E-state index contributed by atoms with van der Waals surface area (Å²) in [4.78, 5) is 0. The second-order valence-electron chi connectivity index (χ2n) is 4.61. The van der Waals surface area contributed by atoms with Crippen molar-refractivity contribution in [1.82, 2.24) is 0 Å². The van der Waals surface area contributed by atoms with Gasteiger partial charge in [-0.1, -0.05) is 32.9 Å². The molecule has 0 radical (unpaired) electrons. The van der Waals surface area contributed by atoms with E-state index in [1.54, 1.807) is 24.3 Å². The van der Waals surface area contributed by atoms with Gasteiger partial charge in [0.2, 0.25) is 0 Å². The molecule has 0 bridgehead atoms. The highest BCUT2D eigenvalue weighted by Crippen LogP contribution is 2.18. The molecule has 1 aromatic rings. The van der Waals surface area contributed by atoms with E-state index in [1.807, 2.05) is 11.8 Å². The molecule has 0 heterocycles. The lowest BCUT2D eigenvalue weighted by Gasteiger charge is -2.15. The van der Waals surface area contributed by atoms with Gasteiger partial charge in [0.1, 0.15) is 5.75 Å². The highest BCUT2D eigenvalue weighted by molar-refractivity contribution is 7.99. The fraction of sp³-hybridized carbons (Fsp3) is 0.538. The summed E-state index contributed by atoms with van der Waals surface area (Å²) in [6.45, 7) is 7.34. The lowest BCUT2D eigenvalue weighted by atomic mass is 9.80. The largest absolute Gasteiger partial charge is 0.493 e. The second-order valence-corrected chi connectivity index (χ2v) is 6.10. The first kappa shape index (κ1) is 15.4. The van der Waals surface area contributed by atoms with Crippen LogP contribution in [0.5, 0.6) is 5.75 Å². The fourth-order valence-electron chi connectivity index (χ4n) is 1.32. The quantitative estimate of drug-likeness (QED) is 0.581. The smallest absolute Gasteiger partial charge is 0.488 e. The first-order valence-electron chi connectivity index (χ1n) is 6.21. The van der Waals surface area contributed by atoms with E-state index in [0.717, 1.165) is 11.5 Å². The van der Waals surface area contributed by atoms with Gasteiger partial charge in [-0.05, 0) is 23.5 Å². The highest BCUT2D eigenvalue weighted by Gasteiger charge is 2.10. The van der Waals surface area contributed by atoms with Crippen molar-refractivity contribution in [3.63, 3.8) is 0 Å². The lowest BCUT2D eigenvalue weighted by molar-refractivity contribution is 0.343. The number of rotatable bonds is 7. The number of thioether (sulfide) groups is 1. The summed E-state index contributed by atoms with van der Waals surface area (Å²) in [6.07, 6.45) is 0. The van der Waals surface area contributed by atoms with Crippen LogP contribution < -0.4 is 10.2 Å². The molecule has 0 spiro atoms. The van der Waals surface area contributed by atoms with Gasteiger partial charge < -0.3 is 14.8 Å². The third-order valence-electron chi connectivity index (χ3n) is 2.85. The minimum absolute atomic E-state index is 0.477. The Morgan fingerprint density at radius 2 is 1.78 bits per heavy atom. The van der Waals surface area contributed by atoms with Gasteiger partial charge in [-0.2, -0.15) is 11.8 Å². The van der Waals surface area contributed by atoms with Crippen LogP contribution in [-0.2, 0) is 0 Å². The summed E-state index contributed by atoms with van der Waals surface area (Å²) in [5.41, 5.74) is 0.477. The van der Waals surface area contributed by atoms with Crippen molar-refractivity contribution < 1.29 is 14.8 Å². The normalized spacial score (nSPS) is 12.6. The van der Waals surface area contributed by atoms with Crippen LogP contribution in [0, 0.1) is 5.92 Å². The number of ether oxygens (including phenoxy) is 1. The third-order valence-corrected chi connectivity index (χ3v) is 4.32. The zero-order valence-electron chi connectivity index (χ0n) is 11.2. The molecule has 1 unspecified atom stereocenters. The van der Waals surface area contributed by atoms with E-state index >= 15 is 0 Å². The first-order chi connectivity index (χ1) is 8.50. The molecule has 0 fully saturated rings. The van der Waals surface area contributed by atoms with Crippen LogP contribution in [0.2, 0.25) is 0 Å². The maximum Gasteiger partial charge on any atom is 0.488 e. The summed E-state index contributed by atoms with van der Waals surface area (Å²) >= 11 is 1.91. The lowest BCUT2D eigenvalue weighted by Crippen LogP contribution is -2.29. The van der Waals surface area contributed by atoms with E-state index in [0.29, 0.717) is 23.2 Å². The molecular weight excluding hydrogens is 247 g/mol. The molecule has 1 aromatic carbocycles. The maximum absolute atomic E-state index is 8.95. The molecule has 1 rings (SSSR count). The van der Waals surface area contributed by atoms with Gasteiger partial charge in [-0.15, -0.1) is 0 Å². The summed E-state index contributed by atoms with van der Waals surface area (Å²) in [5, 5.41) is 18.5. The Balaban J connectivity index is 2.27.